The Bertz CT molecular complexity index is 1290. The standard InChI is InChI=1S/C25H24Cl2N4O6/c1-35-24(33)15-9-16(25(34)36-2)11-18(10-15)28-23(32)14-5-7-31(8-6-14)13-21-29-22(30-37-21)19-4-3-17(26)12-20(19)27/h3-4,9-12,14H,5-8,13H2,1-2H3,(H,28,32). The molecule has 0 atom stereocenters. The van der Waals surface area contributed by atoms with Gasteiger partial charge in [-0.1, -0.05) is 28.4 Å². The number of anilines is 1. The molecule has 37 heavy (non-hydrogen) atoms. The Morgan fingerprint density at radius 2 is 1.68 bits per heavy atom. The van der Waals surface area contributed by atoms with Gasteiger partial charge in [-0.3, -0.25) is 9.69 Å². The first-order valence-electron chi connectivity index (χ1n) is 11.4. The average Bonchev–Trinajstić information content (AvgIpc) is 3.35. The highest BCUT2D eigenvalue weighted by Gasteiger charge is 2.27. The lowest BCUT2D eigenvalue weighted by Gasteiger charge is -2.30. The number of amides is 1. The highest BCUT2D eigenvalue weighted by molar-refractivity contribution is 6.36. The van der Waals surface area contributed by atoms with Crippen LogP contribution in [0, 0.1) is 5.92 Å². The number of hydrogen-bond donors (Lipinski definition) is 1. The van der Waals surface area contributed by atoms with E-state index in [-0.39, 0.29) is 23.0 Å². The van der Waals surface area contributed by atoms with Gasteiger partial charge in [0.1, 0.15) is 0 Å². The first-order valence-corrected chi connectivity index (χ1v) is 12.2. The number of piperidine rings is 1. The van der Waals surface area contributed by atoms with Gasteiger partial charge in [-0.2, -0.15) is 4.98 Å². The zero-order chi connectivity index (χ0) is 26.5. The van der Waals surface area contributed by atoms with Gasteiger partial charge in [0.25, 0.3) is 0 Å². The number of carbonyl (C=O) groups excluding carboxylic acids is 3. The number of methoxy groups -OCH3 is 2. The van der Waals surface area contributed by atoms with E-state index in [1.807, 2.05) is 0 Å². The third kappa shape index (κ3) is 6.46. The summed E-state index contributed by atoms with van der Waals surface area (Å²) < 4.78 is 14.9. The maximum atomic E-state index is 12.9. The molecule has 0 radical (unpaired) electrons. The second-order valence-electron chi connectivity index (χ2n) is 8.46. The number of hydrogen-bond acceptors (Lipinski definition) is 9. The Hall–Kier alpha value is -3.47. The van der Waals surface area contributed by atoms with Crippen LogP contribution in [0.5, 0.6) is 0 Å². The summed E-state index contributed by atoms with van der Waals surface area (Å²) in [6, 6.07) is 9.34. The van der Waals surface area contributed by atoms with Gasteiger partial charge in [-0.25, -0.2) is 9.59 Å². The maximum absolute atomic E-state index is 12.9. The molecule has 0 spiro atoms. The Morgan fingerprint density at radius 1 is 1.03 bits per heavy atom. The van der Waals surface area contributed by atoms with Crippen molar-refractivity contribution < 1.29 is 28.4 Å². The molecule has 12 heteroatoms. The van der Waals surface area contributed by atoms with E-state index < -0.39 is 11.9 Å². The molecule has 2 aromatic carbocycles. The summed E-state index contributed by atoms with van der Waals surface area (Å²) >= 11 is 12.2. The van der Waals surface area contributed by atoms with E-state index in [4.69, 9.17) is 37.2 Å². The van der Waals surface area contributed by atoms with Crippen LogP contribution in [0.3, 0.4) is 0 Å². The van der Waals surface area contributed by atoms with Gasteiger partial charge in [0.2, 0.25) is 17.6 Å². The topological polar surface area (TPSA) is 124 Å². The van der Waals surface area contributed by atoms with E-state index >= 15 is 0 Å². The van der Waals surface area contributed by atoms with Crippen molar-refractivity contribution in [3.63, 3.8) is 0 Å². The Balaban J connectivity index is 1.35. The van der Waals surface area contributed by atoms with Crippen molar-refractivity contribution in [2.45, 2.75) is 19.4 Å². The van der Waals surface area contributed by atoms with Gasteiger partial charge in [0.05, 0.1) is 36.9 Å². The number of carbonyl (C=O) groups is 3. The fraction of sp³-hybridized carbons (Fsp3) is 0.320. The van der Waals surface area contributed by atoms with Crippen LogP contribution < -0.4 is 5.32 Å². The summed E-state index contributed by atoms with van der Waals surface area (Å²) in [5, 5.41) is 7.77. The van der Waals surface area contributed by atoms with Gasteiger partial charge in [0.15, 0.2) is 0 Å². The quantitative estimate of drug-likeness (QED) is 0.427. The van der Waals surface area contributed by atoms with Crippen LogP contribution in [0.15, 0.2) is 40.9 Å². The van der Waals surface area contributed by atoms with Crippen molar-refractivity contribution >= 4 is 46.7 Å². The van der Waals surface area contributed by atoms with Crippen molar-refractivity contribution in [2.75, 3.05) is 32.6 Å². The first kappa shape index (κ1) is 26.6. The summed E-state index contributed by atoms with van der Waals surface area (Å²) in [6.45, 7) is 1.73. The molecule has 1 fully saturated rings. The van der Waals surface area contributed by atoms with E-state index in [1.54, 1.807) is 18.2 Å². The second kappa shape index (κ2) is 11.7. The zero-order valence-electron chi connectivity index (χ0n) is 20.1. The van der Waals surface area contributed by atoms with Gasteiger partial charge < -0.3 is 19.3 Å². The lowest BCUT2D eigenvalue weighted by molar-refractivity contribution is -0.121. The first-order chi connectivity index (χ1) is 17.8. The summed E-state index contributed by atoms with van der Waals surface area (Å²) in [5.41, 5.74) is 1.21. The molecule has 0 saturated carbocycles. The molecule has 1 aliphatic heterocycles. The molecular formula is C25H24Cl2N4O6. The molecule has 194 valence electrons. The SMILES string of the molecule is COC(=O)c1cc(NC(=O)C2CCN(Cc3nc(-c4ccc(Cl)cc4Cl)no3)CC2)cc(C(=O)OC)c1. The normalized spacial score (nSPS) is 14.3. The number of likely N-dealkylation sites (tertiary alicyclic amines) is 1. The number of halogens is 2. The Kier molecular flexibility index (Phi) is 8.42. The van der Waals surface area contributed by atoms with E-state index in [9.17, 15) is 14.4 Å². The monoisotopic (exact) mass is 546 g/mol. The van der Waals surface area contributed by atoms with Crippen LogP contribution in [-0.4, -0.2) is 60.2 Å². The smallest absolute Gasteiger partial charge is 0.337 e. The molecule has 0 aliphatic carbocycles. The Morgan fingerprint density at radius 3 is 2.27 bits per heavy atom. The predicted octanol–water partition coefficient (Wildman–Crippen LogP) is 4.47. The van der Waals surface area contributed by atoms with Crippen molar-refractivity contribution in [1.29, 1.82) is 0 Å². The zero-order valence-corrected chi connectivity index (χ0v) is 21.6. The number of benzene rings is 2. The number of esters is 2. The minimum absolute atomic E-state index is 0.134. The fourth-order valence-corrected chi connectivity index (χ4v) is 4.55. The van der Waals surface area contributed by atoms with Crippen molar-refractivity contribution in [2.24, 2.45) is 5.92 Å². The predicted molar refractivity (Wildman–Crippen MR) is 136 cm³/mol. The summed E-state index contributed by atoms with van der Waals surface area (Å²) in [5.74, 6) is -0.875. The third-order valence-corrected chi connectivity index (χ3v) is 6.55. The number of nitrogens with zero attached hydrogens (tertiary/aromatic N) is 3. The molecule has 10 nitrogen and oxygen atoms in total. The molecule has 3 aromatic rings. The van der Waals surface area contributed by atoms with E-state index in [2.05, 4.69) is 20.4 Å². The molecule has 1 aliphatic rings. The summed E-state index contributed by atoms with van der Waals surface area (Å²) in [6.07, 6.45) is 1.22. The van der Waals surface area contributed by atoms with Crippen LogP contribution >= 0.6 is 23.2 Å². The number of rotatable bonds is 7. The van der Waals surface area contributed by atoms with Crippen LogP contribution in [0.4, 0.5) is 5.69 Å². The van der Waals surface area contributed by atoms with Gasteiger partial charge in [0, 0.05) is 22.2 Å². The van der Waals surface area contributed by atoms with Crippen LogP contribution in [0.2, 0.25) is 10.0 Å². The number of aromatic nitrogens is 2. The summed E-state index contributed by atoms with van der Waals surface area (Å²) in [4.78, 5) is 43.5. The molecule has 2 heterocycles. The lowest BCUT2D eigenvalue weighted by Crippen LogP contribution is -2.37. The molecular weight excluding hydrogens is 523 g/mol. The van der Waals surface area contributed by atoms with Crippen molar-refractivity contribution in [3.05, 3.63) is 63.5 Å². The highest BCUT2D eigenvalue weighted by Crippen LogP contribution is 2.29. The molecule has 4 rings (SSSR count). The molecule has 1 saturated heterocycles. The molecule has 0 bridgehead atoms. The van der Waals surface area contributed by atoms with Crippen molar-refractivity contribution in [3.8, 4) is 11.4 Å². The number of ether oxygens (including phenoxy) is 2. The summed E-state index contributed by atoms with van der Waals surface area (Å²) in [7, 11) is 2.47. The highest BCUT2D eigenvalue weighted by atomic mass is 35.5. The Labute approximate surface area is 222 Å². The van der Waals surface area contributed by atoms with Crippen LogP contribution in [-0.2, 0) is 20.8 Å². The molecule has 1 amide bonds. The molecule has 0 unspecified atom stereocenters. The van der Waals surface area contributed by atoms with Crippen LogP contribution in [0.1, 0.15) is 39.4 Å². The average molecular weight is 547 g/mol. The fourth-order valence-electron chi connectivity index (χ4n) is 4.06. The van der Waals surface area contributed by atoms with E-state index in [0.717, 1.165) is 0 Å². The second-order valence-corrected chi connectivity index (χ2v) is 9.30. The lowest BCUT2D eigenvalue weighted by atomic mass is 9.95. The third-order valence-electron chi connectivity index (χ3n) is 6.00. The molecule has 1 aromatic heterocycles. The molecule has 1 N–H and O–H groups in total. The minimum atomic E-state index is -0.628. The van der Waals surface area contributed by atoms with E-state index in [1.165, 1.54) is 32.4 Å². The van der Waals surface area contributed by atoms with Gasteiger partial charge in [-0.05, 0) is 62.3 Å². The van der Waals surface area contributed by atoms with Gasteiger partial charge >= 0.3 is 11.9 Å². The van der Waals surface area contributed by atoms with E-state index in [0.29, 0.717) is 65.5 Å². The van der Waals surface area contributed by atoms with Crippen LogP contribution in [0.25, 0.3) is 11.4 Å². The maximum Gasteiger partial charge on any atom is 0.337 e. The minimum Gasteiger partial charge on any atom is -0.465 e. The number of nitrogens with one attached hydrogen (secondary N) is 1. The largest absolute Gasteiger partial charge is 0.465 e. The van der Waals surface area contributed by atoms with Crippen molar-refractivity contribution in [1.82, 2.24) is 15.0 Å². The van der Waals surface area contributed by atoms with Gasteiger partial charge in [-0.15, -0.1) is 0 Å².